The molecule has 1 aromatic heterocycles. The van der Waals surface area contributed by atoms with Crippen molar-refractivity contribution < 1.29 is 13.9 Å². The van der Waals surface area contributed by atoms with E-state index < -0.39 is 0 Å². The van der Waals surface area contributed by atoms with Gasteiger partial charge in [-0.05, 0) is 30.2 Å². The van der Waals surface area contributed by atoms with E-state index in [1.165, 1.54) is 12.1 Å². The molecule has 1 N–H and O–H groups in total. The third kappa shape index (κ3) is 2.68. The number of anilines is 1. The van der Waals surface area contributed by atoms with Crippen LogP contribution in [0.5, 0.6) is 5.75 Å². The summed E-state index contributed by atoms with van der Waals surface area (Å²) in [5, 5.41) is 0. The molecule has 1 aliphatic carbocycles. The number of aromatic nitrogens is 1. The molecule has 0 spiro atoms. The summed E-state index contributed by atoms with van der Waals surface area (Å²) in [4.78, 5) is 27.6. The van der Waals surface area contributed by atoms with E-state index in [1.807, 2.05) is 4.90 Å². The number of carbonyl (C=O) groups excluding carboxylic acids is 1. The van der Waals surface area contributed by atoms with E-state index in [2.05, 4.69) is 4.98 Å². The van der Waals surface area contributed by atoms with Crippen LogP contribution >= 0.6 is 0 Å². The number of H-pyrrole nitrogens is 1. The number of nitrogens with one attached hydrogen (secondary N) is 1. The number of nitrogens with zero attached hydrogens (tertiary/aromatic N) is 1. The molecule has 2 aliphatic rings. The minimum absolute atomic E-state index is 0.0194. The van der Waals surface area contributed by atoms with Gasteiger partial charge in [0.25, 0.3) is 0 Å². The summed E-state index contributed by atoms with van der Waals surface area (Å²) in [6, 6.07) is 6.37. The lowest BCUT2D eigenvalue weighted by Crippen LogP contribution is -2.25. The summed E-state index contributed by atoms with van der Waals surface area (Å²) >= 11 is 0. The Morgan fingerprint density at radius 2 is 2.08 bits per heavy atom. The number of fused-ring (bicyclic) bond motifs is 1. The van der Waals surface area contributed by atoms with E-state index >= 15 is 0 Å². The van der Waals surface area contributed by atoms with Crippen molar-refractivity contribution >= 4 is 11.5 Å². The van der Waals surface area contributed by atoms with Crippen LogP contribution in [0.25, 0.3) is 0 Å². The maximum absolute atomic E-state index is 14.2. The monoisotopic (exact) mass is 328 g/mol. The Balaban J connectivity index is 1.50. The Labute approximate surface area is 138 Å². The molecule has 24 heavy (non-hydrogen) atoms. The molecule has 4 rings (SSSR count). The molecule has 0 bridgehead atoms. The Hall–Kier alpha value is -2.63. The molecular formula is C18H17FN2O3. The van der Waals surface area contributed by atoms with Crippen LogP contribution in [0.2, 0.25) is 0 Å². The van der Waals surface area contributed by atoms with Crippen LogP contribution < -0.4 is 15.2 Å². The molecule has 1 saturated heterocycles. The molecule has 2 aromatic rings. The highest BCUT2D eigenvalue weighted by atomic mass is 19.1. The topological polar surface area (TPSA) is 62.4 Å². The van der Waals surface area contributed by atoms with Gasteiger partial charge in [-0.3, -0.25) is 9.59 Å². The molecular weight excluding hydrogens is 311 g/mol. The SMILES string of the molecule is O=C1CCc2c(F)cc(N3CC[C@@H](Oc4ccc(=O)[nH]c4)C3)cc21. The van der Waals surface area contributed by atoms with Gasteiger partial charge < -0.3 is 14.6 Å². The van der Waals surface area contributed by atoms with Gasteiger partial charge in [0.15, 0.2) is 5.78 Å². The van der Waals surface area contributed by atoms with E-state index in [9.17, 15) is 14.0 Å². The normalized spacial score (nSPS) is 19.6. The Kier molecular flexibility index (Phi) is 3.59. The number of ketones is 1. The van der Waals surface area contributed by atoms with Crippen LogP contribution in [0, 0.1) is 5.82 Å². The predicted octanol–water partition coefficient (Wildman–Crippen LogP) is 2.30. The molecule has 2 heterocycles. The Morgan fingerprint density at radius 1 is 1.21 bits per heavy atom. The van der Waals surface area contributed by atoms with E-state index in [0.717, 1.165) is 18.7 Å². The van der Waals surface area contributed by atoms with Crippen LogP contribution in [0.15, 0.2) is 35.3 Å². The van der Waals surface area contributed by atoms with Gasteiger partial charge in [-0.15, -0.1) is 0 Å². The van der Waals surface area contributed by atoms with E-state index in [4.69, 9.17) is 4.74 Å². The van der Waals surface area contributed by atoms with E-state index in [1.54, 1.807) is 18.3 Å². The van der Waals surface area contributed by atoms with Crippen LogP contribution in [-0.4, -0.2) is 30.0 Å². The fourth-order valence-corrected chi connectivity index (χ4v) is 3.40. The minimum Gasteiger partial charge on any atom is -0.487 e. The summed E-state index contributed by atoms with van der Waals surface area (Å²) < 4.78 is 20.1. The van der Waals surface area contributed by atoms with Crippen molar-refractivity contribution in [2.45, 2.75) is 25.4 Å². The molecule has 0 unspecified atom stereocenters. The van der Waals surface area contributed by atoms with Crippen molar-refractivity contribution in [2.24, 2.45) is 0 Å². The van der Waals surface area contributed by atoms with Gasteiger partial charge in [0.1, 0.15) is 17.7 Å². The molecule has 1 fully saturated rings. The second kappa shape index (κ2) is 5.78. The fourth-order valence-electron chi connectivity index (χ4n) is 3.40. The van der Waals surface area contributed by atoms with Crippen molar-refractivity contribution in [2.75, 3.05) is 18.0 Å². The second-order valence-corrected chi connectivity index (χ2v) is 6.24. The highest BCUT2D eigenvalue weighted by Gasteiger charge is 2.28. The zero-order chi connectivity index (χ0) is 16.7. The number of Topliss-reactive ketones (excluding diaryl/α,β-unsaturated/α-hetero) is 1. The largest absolute Gasteiger partial charge is 0.487 e. The third-order valence-electron chi connectivity index (χ3n) is 4.65. The van der Waals surface area contributed by atoms with Crippen LogP contribution in [0.4, 0.5) is 10.1 Å². The van der Waals surface area contributed by atoms with Crippen molar-refractivity contribution in [3.63, 3.8) is 0 Å². The van der Waals surface area contributed by atoms with Crippen LogP contribution in [0.3, 0.4) is 0 Å². The number of aromatic amines is 1. The number of hydrogen-bond acceptors (Lipinski definition) is 4. The Morgan fingerprint density at radius 3 is 2.88 bits per heavy atom. The molecule has 124 valence electrons. The number of benzene rings is 1. The average Bonchev–Trinajstić information content (AvgIpc) is 3.17. The lowest BCUT2D eigenvalue weighted by atomic mass is 10.1. The third-order valence-corrected chi connectivity index (χ3v) is 4.65. The number of carbonyl (C=O) groups is 1. The highest BCUT2D eigenvalue weighted by Crippen LogP contribution is 2.31. The number of pyridine rings is 1. The van der Waals surface area contributed by atoms with Gasteiger partial charge in [-0.25, -0.2) is 4.39 Å². The first-order chi connectivity index (χ1) is 11.6. The summed E-state index contributed by atoms with van der Waals surface area (Å²) in [6.07, 6.45) is 3.19. The van der Waals surface area contributed by atoms with Crippen LogP contribution in [-0.2, 0) is 6.42 Å². The quantitative estimate of drug-likeness (QED) is 0.939. The molecule has 0 amide bonds. The lowest BCUT2D eigenvalue weighted by molar-refractivity contribution is 0.0994. The van der Waals surface area contributed by atoms with E-state index in [-0.39, 0.29) is 23.3 Å². The number of ether oxygens (including phenoxy) is 1. The van der Waals surface area contributed by atoms with Crippen LogP contribution in [0.1, 0.15) is 28.8 Å². The summed E-state index contributed by atoms with van der Waals surface area (Å²) in [7, 11) is 0. The second-order valence-electron chi connectivity index (χ2n) is 6.24. The first kappa shape index (κ1) is 14.9. The first-order valence-corrected chi connectivity index (χ1v) is 8.06. The van der Waals surface area contributed by atoms with Gasteiger partial charge in [0, 0.05) is 42.9 Å². The zero-order valence-electron chi connectivity index (χ0n) is 13.0. The number of rotatable bonds is 3. The highest BCUT2D eigenvalue weighted by molar-refractivity contribution is 6.01. The standard InChI is InChI=1S/C18H17FN2O3/c19-16-8-11(7-15-14(16)2-3-17(15)22)21-6-5-13(10-21)24-12-1-4-18(23)20-9-12/h1,4,7-9,13H,2-3,5-6,10H2,(H,20,23)/t13-/m1/s1. The number of halogens is 1. The lowest BCUT2D eigenvalue weighted by Gasteiger charge is -2.20. The summed E-state index contributed by atoms with van der Waals surface area (Å²) in [5.41, 5.74) is 1.63. The summed E-state index contributed by atoms with van der Waals surface area (Å²) in [6.45, 7) is 1.35. The van der Waals surface area contributed by atoms with Gasteiger partial charge in [-0.1, -0.05) is 0 Å². The fraction of sp³-hybridized carbons (Fsp3) is 0.333. The maximum atomic E-state index is 14.2. The van der Waals surface area contributed by atoms with Gasteiger partial charge >= 0.3 is 0 Å². The summed E-state index contributed by atoms with van der Waals surface area (Å²) in [5.74, 6) is 0.334. The molecule has 0 saturated carbocycles. The molecule has 0 radical (unpaired) electrons. The Bertz CT molecular complexity index is 841. The molecule has 1 atom stereocenters. The van der Waals surface area contributed by atoms with Crippen molar-refractivity contribution in [3.8, 4) is 5.75 Å². The molecule has 1 aliphatic heterocycles. The maximum Gasteiger partial charge on any atom is 0.248 e. The van der Waals surface area contributed by atoms with Gasteiger partial charge in [0.2, 0.25) is 5.56 Å². The van der Waals surface area contributed by atoms with Crippen molar-refractivity contribution in [3.05, 3.63) is 57.8 Å². The van der Waals surface area contributed by atoms with Gasteiger partial charge in [-0.2, -0.15) is 0 Å². The predicted molar refractivity (Wildman–Crippen MR) is 87.4 cm³/mol. The minimum atomic E-state index is -0.293. The van der Waals surface area contributed by atoms with Crippen molar-refractivity contribution in [1.82, 2.24) is 4.98 Å². The molecule has 1 aromatic carbocycles. The first-order valence-electron chi connectivity index (χ1n) is 8.06. The molecule has 6 heteroatoms. The van der Waals surface area contributed by atoms with E-state index in [0.29, 0.717) is 36.3 Å². The van der Waals surface area contributed by atoms with Gasteiger partial charge in [0.05, 0.1) is 6.54 Å². The van der Waals surface area contributed by atoms with Crippen molar-refractivity contribution in [1.29, 1.82) is 0 Å². The zero-order valence-corrected chi connectivity index (χ0v) is 13.0. The smallest absolute Gasteiger partial charge is 0.248 e. The number of hydrogen-bond donors (Lipinski definition) is 1. The molecule has 5 nitrogen and oxygen atoms in total. The average molecular weight is 328 g/mol.